The normalized spacial score (nSPS) is 25.6. The van der Waals surface area contributed by atoms with E-state index in [4.69, 9.17) is 17.2 Å². The Kier molecular flexibility index (Phi) is 24.4. The van der Waals surface area contributed by atoms with Gasteiger partial charge in [0.05, 0.1) is 41.4 Å². The number of nitrogens with zero attached hydrogens (tertiary/aromatic N) is 6. The predicted octanol–water partition coefficient (Wildman–Crippen LogP) is 0.350. The lowest BCUT2D eigenvalue weighted by Crippen LogP contribution is -2.46. The van der Waals surface area contributed by atoms with Crippen molar-refractivity contribution in [2.75, 3.05) is 78.5 Å². The third kappa shape index (κ3) is 27.3. The Labute approximate surface area is 538 Å². The number of amides is 12. The lowest BCUT2D eigenvalue weighted by molar-refractivity contribution is -0.197. The molecule has 90 heavy (non-hydrogen) atoms. The van der Waals surface area contributed by atoms with Gasteiger partial charge in [0.15, 0.2) is 0 Å². The minimum atomic E-state index is -2.31. The average molecular weight is 1280 g/mol. The van der Waals surface area contributed by atoms with Crippen molar-refractivity contribution in [3.8, 4) is 0 Å². The molecule has 504 valence electrons. The van der Waals surface area contributed by atoms with Gasteiger partial charge >= 0.3 is 17.9 Å². The topological polar surface area (TPSA) is 375 Å². The molecule has 0 aromatic carbocycles. The summed E-state index contributed by atoms with van der Waals surface area (Å²) in [6.07, 6.45) is -4.45. The fraction of sp³-hybridized carbons (Fsp3) is 0.750. The lowest BCUT2D eigenvalue weighted by Gasteiger charge is -2.30. The summed E-state index contributed by atoms with van der Waals surface area (Å²) < 4.78 is 75.4. The van der Waals surface area contributed by atoms with E-state index in [9.17, 15) is 71.9 Å². The molecule has 6 aliphatic heterocycles. The molecule has 30 heteroatoms. The number of carbonyl (C=O) groups excluding carboxylic acids is 15. The summed E-state index contributed by atoms with van der Waals surface area (Å²) in [4.78, 5) is 196. The van der Waals surface area contributed by atoms with E-state index >= 15 is 0 Å². The van der Waals surface area contributed by atoms with Crippen molar-refractivity contribution in [1.29, 1.82) is 0 Å². The highest BCUT2D eigenvalue weighted by molar-refractivity contribution is 6.03. The van der Waals surface area contributed by atoms with E-state index in [1.807, 2.05) is 41.5 Å². The third-order valence-electron chi connectivity index (χ3n) is 13.0. The quantitative estimate of drug-likeness (QED) is 0.0604. The smallest absolute Gasteiger partial charge is 0.334 e. The van der Waals surface area contributed by atoms with Crippen molar-refractivity contribution in [2.45, 2.75) is 196 Å². The molecule has 6 N–H and O–H groups in total. The Balaban J connectivity index is 0.000000315. The van der Waals surface area contributed by atoms with Crippen LogP contribution in [0, 0.1) is 16.2 Å². The number of hydrogen-bond acceptors (Lipinski definition) is 21. The predicted molar refractivity (Wildman–Crippen MR) is 319 cm³/mol. The van der Waals surface area contributed by atoms with Crippen LogP contribution in [0.3, 0.4) is 0 Å². The molecule has 6 rings (SSSR count). The van der Waals surface area contributed by atoms with Crippen LogP contribution in [0.15, 0.2) is 0 Å². The van der Waals surface area contributed by atoms with E-state index < -0.39 is 143 Å². The van der Waals surface area contributed by atoms with E-state index in [2.05, 4.69) is 41.6 Å². The summed E-state index contributed by atoms with van der Waals surface area (Å²) in [5.41, 5.74) is -1.25. The second-order valence-corrected chi connectivity index (χ2v) is 24.9. The Morgan fingerprint density at radius 1 is 0.411 bits per heavy atom. The van der Waals surface area contributed by atoms with Gasteiger partial charge in [-0.3, -0.25) is 72.2 Å². The van der Waals surface area contributed by atoms with Crippen LogP contribution in [0.4, 0.5) is 0 Å². The second-order valence-electron chi connectivity index (χ2n) is 24.9. The molecule has 0 aromatic rings. The van der Waals surface area contributed by atoms with Gasteiger partial charge in [-0.2, -0.15) is 0 Å². The summed E-state index contributed by atoms with van der Waals surface area (Å²) in [6, 6.07) is -5.94. The first-order chi connectivity index (χ1) is 45.6. The Bertz CT molecular complexity index is 3010. The van der Waals surface area contributed by atoms with Crippen molar-refractivity contribution < 1.29 is 98.8 Å². The fourth-order valence-corrected chi connectivity index (χ4v) is 9.08. The number of imide groups is 3. The second kappa shape index (κ2) is 35.8. The average Bonchev–Trinajstić information content (AvgIpc) is 1.63. The molecule has 6 fully saturated rings. The SMILES string of the molecule is [2H]C(N1CCC([2H])([2H])C1([2H])C(=O)NCCC(=O)NCCC(=O)ON1C(=O)CCC1=O)C(C)(C)C.[2H]C(N1CCCC1([2H])C(=O)NCCC(=O)NCCC(=O)ON1C(=O)CCC1=O)C(C)(C)C.[2H]C1([2H])CCN(CC(C)(C)C)C1([2H])C(=O)NCCC(=O)NCCC(=O)ON1C(=O)CCC1=O. The van der Waals surface area contributed by atoms with Crippen LogP contribution in [-0.2, 0) is 86.4 Å². The van der Waals surface area contributed by atoms with Crippen molar-refractivity contribution >= 4 is 88.8 Å². The van der Waals surface area contributed by atoms with Gasteiger partial charge in [0.25, 0.3) is 35.4 Å². The molecule has 12 amide bonds. The maximum atomic E-state index is 12.8. The van der Waals surface area contributed by atoms with Crippen LogP contribution in [0.5, 0.6) is 0 Å². The highest BCUT2D eigenvalue weighted by Gasteiger charge is 2.38. The first kappa shape index (κ1) is 61.4. The Hall–Kier alpha value is -7.47. The Morgan fingerprint density at radius 2 is 0.689 bits per heavy atom. The molecule has 0 radical (unpaired) electrons. The maximum absolute atomic E-state index is 12.8. The first-order valence-corrected chi connectivity index (χ1v) is 30.1. The van der Waals surface area contributed by atoms with Crippen LogP contribution in [0.2, 0.25) is 0 Å². The summed E-state index contributed by atoms with van der Waals surface area (Å²) >= 11 is 0. The van der Waals surface area contributed by atoms with Gasteiger partial charge in [-0.05, 0) is 74.3 Å². The molecule has 6 saturated heterocycles. The van der Waals surface area contributed by atoms with E-state index in [1.54, 1.807) is 25.7 Å². The molecule has 0 saturated carbocycles. The van der Waals surface area contributed by atoms with Gasteiger partial charge in [0, 0.05) is 125 Å². The highest BCUT2D eigenvalue weighted by Crippen LogP contribution is 2.27. The molecule has 0 aromatic heterocycles. The van der Waals surface area contributed by atoms with Crippen LogP contribution >= 0.6 is 0 Å². The monoisotopic (exact) mass is 1280 g/mol. The van der Waals surface area contributed by atoms with Crippen LogP contribution in [0.1, 0.15) is 190 Å². The molecule has 5 unspecified atom stereocenters. The summed E-state index contributed by atoms with van der Waals surface area (Å²) in [5, 5.41) is 16.2. The van der Waals surface area contributed by atoms with Crippen molar-refractivity contribution in [1.82, 2.24) is 61.8 Å². The standard InChI is InChI=1S/3C20H32N4O6/c3*1-20(2,3)13-23-12-4-5-14(23)19(29)22-10-8-15(25)21-11-9-18(28)30-24-16(26)6-7-17(24)27/h3*14H,4-13H2,1-3H3,(H,21,25)(H,22,29)/i5D2,13D,14D;13D,14D;5D2,14D. The molecule has 0 spiro atoms. The van der Waals surface area contributed by atoms with E-state index in [0.717, 1.165) is 0 Å². The van der Waals surface area contributed by atoms with Crippen molar-refractivity contribution in [3.05, 3.63) is 0 Å². The van der Waals surface area contributed by atoms with Crippen LogP contribution in [-0.4, -0.2) is 215 Å². The zero-order chi connectivity index (χ0) is 75.0. The van der Waals surface area contributed by atoms with Gasteiger partial charge in [-0.25, -0.2) is 14.4 Å². The van der Waals surface area contributed by atoms with Gasteiger partial charge in [-0.1, -0.05) is 62.3 Å². The minimum absolute atomic E-state index is 0.00455. The number of hydrogen-bond donors (Lipinski definition) is 6. The summed E-state index contributed by atoms with van der Waals surface area (Å²) in [6.45, 7) is 15.9. The zero-order valence-corrected chi connectivity index (χ0v) is 53.1. The Morgan fingerprint density at radius 3 is 1.01 bits per heavy atom. The molecule has 0 bridgehead atoms. The number of hydroxylamine groups is 6. The maximum Gasteiger partial charge on any atom is 0.334 e. The molecule has 5 atom stereocenters. The first-order valence-electron chi connectivity index (χ1n) is 34.8. The highest BCUT2D eigenvalue weighted by atomic mass is 16.7. The number of rotatable bonds is 27. The number of carbonyl (C=O) groups is 15. The van der Waals surface area contributed by atoms with Gasteiger partial charge in [0.1, 0.15) is 0 Å². The number of nitrogens with one attached hydrogen (secondary N) is 6. The third-order valence-corrected chi connectivity index (χ3v) is 13.0. The van der Waals surface area contributed by atoms with Gasteiger partial charge in [-0.15, -0.1) is 15.2 Å². The molecular formula is C60H96N12O18. The van der Waals surface area contributed by atoms with E-state index in [0.29, 0.717) is 41.1 Å². The fourth-order valence-electron chi connectivity index (χ4n) is 9.08. The van der Waals surface area contributed by atoms with E-state index in [1.165, 1.54) is 9.80 Å². The molecule has 30 nitrogen and oxygen atoms in total. The molecule has 6 heterocycles. The van der Waals surface area contributed by atoms with Crippen LogP contribution in [0.25, 0.3) is 0 Å². The molecule has 6 aliphatic rings. The van der Waals surface area contributed by atoms with E-state index in [-0.39, 0.29) is 148 Å². The molecule has 0 aliphatic carbocycles. The zero-order valence-electron chi connectivity index (χ0n) is 62.1. The largest absolute Gasteiger partial charge is 0.355 e. The summed E-state index contributed by atoms with van der Waals surface area (Å²) in [5.74, 6) is -9.71. The van der Waals surface area contributed by atoms with Crippen molar-refractivity contribution in [2.24, 2.45) is 16.2 Å². The van der Waals surface area contributed by atoms with Gasteiger partial charge < -0.3 is 46.4 Å². The van der Waals surface area contributed by atoms with Gasteiger partial charge in [0.2, 0.25) is 35.4 Å². The van der Waals surface area contributed by atoms with Crippen LogP contribution < -0.4 is 31.9 Å². The molecular weight excluding hydrogens is 1180 g/mol. The minimum Gasteiger partial charge on any atom is -0.355 e. The summed E-state index contributed by atoms with van der Waals surface area (Å²) in [7, 11) is 0. The lowest BCUT2D eigenvalue weighted by atomic mass is 9.95. The number of likely N-dealkylation sites (tertiary alicyclic amines) is 3. The van der Waals surface area contributed by atoms with Crippen molar-refractivity contribution in [3.63, 3.8) is 0 Å².